The zero-order valence-corrected chi connectivity index (χ0v) is 15.2. The van der Waals surface area contributed by atoms with Gasteiger partial charge in [-0.2, -0.15) is 0 Å². The summed E-state index contributed by atoms with van der Waals surface area (Å²) in [5, 5.41) is 3.25. The van der Waals surface area contributed by atoms with Crippen LogP contribution in [0.5, 0.6) is 0 Å². The molecule has 1 amide bonds. The number of carbonyl (C=O) groups excluding carboxylic acids is 2. The van der Waals surface area contributed by atoms with E-state index in [-0.39, 0.29) is 12.0 Å². The van der Waals surface area contributed by atoms with Gasteiger partial charge in [0, 0.05) is 11.0 Å². The number of furan rings is 1. The van der Waals surface area contributed by atoms with E-state index >= 15 is 0 Å². The van der Waals surface area contributed by atoms with Gasteiger partial charge >= 0.3 is 5.97 Å². The van der Waals surface area contributed by atoms with Crippen molar-refractivity contribution in [3.05, 3.63) is 45.7 Å². The van der Waals surface area contributed by atoms with Crippen LogP contribution in [0.1, 0.15) is 46.2 Å². The van der Waals surface area contributed by atoms with Gasteiger partial charge in [-0.15, -0.1) is 11.3 Å². The highest BCUT2D eigenvalue weighted by atomic mass is 32.1. The Labute approximate surface area is 145 Å². The minimum atomic E-state index is -0.423. The van der Waals surface area contributed by atoms with Crippen molar-refractivity contribution >= 4 is 34.3 Å². The number of anilines is 1. The molecule has 0 saturated heterocycles. The zero-order chi connectivity index (χ0) is 17.9. The molecular weight excluding hydrogens is 326 g/mol. The van der Waals surface area contributed by atoms with E-state index in [0.717, 1.165) is 16.2 Å². The van der Waals surface area contributed by atoms with Crippen LogP contribution in [0.4, 0.5) is 5.00 Å². The van der Waals surface area contributed by atoms with Gasteiger partial charge < -0.3 is 14.5 Å². The summed E-state index contributed by atoms with van der Waals surface area (Å²) in [5.74, 6) is 0.621. The molecule has 0 aliphatic rings. The summed E-state index contributed by atoms with van der Waals surface area (Å²) in [4.78, 5) is 25.4. The van der Waals surface area contributed by atoms with E-state index in [2.05, 4.69) is 5.32 Å². The highest BCUT2D eigenvalue weighted by Gasteiger charge is 2.22. The Morgan fingerprint density at radius 3 is 2.54 bits per heavy atom. The molecule has 0 aromatic carbocycles. The highest BCUT2D eigenvalue weighted by molar-refractivity contribution is 7.16. The van der Waals surface area contributed by atoms with E-state index in [1.165, 1.54) is 17.4 Å². The van der Waals surface area contributed by atoms with Crippen LogP contribution in [-0.4, -0.2) is 18.0 Å². The number of aryl methyl sites for hydroxylation is 2. The normalized spacial score (nSPS) is 11.2. The van der Waals surface area contributed by atoms with Crippen LogP contribution < -0.4 is 5.32 Å². The first kappa shape index (κ1) is 18.0. The third-order valence-corrected chi connectivity index (χ3v) is 4.45. The first-order chi connectivity index (χ1) is 11.3. The molecule has 0 saturated carbocycles. The van der Waals surface area contributed by atoms with Crippen molar-refractivity contribution in [1.82, 2.24) is 0 Å². The Balaban J connectivity index is 2.17. The third kappa shape index (κ3) is 4.35. The van der Waals surface area contributed by atoms with Gasteiger partial charge in [-0.3, -0.25) is 4.79 Å². The molecule has 0 spiro atoms. The van der Waals surface area contributed by atoms with Gasteiger partial charge in [0.1, 0.15) is 16.5 Å². The summed E-state index contributed by atoms with van der Waals surface area (Å²) in [6.45, 7) is 9.17. The topological polar surface area (TPSA) is 68.5 Å². The molecule has 0 aliphatic heterocycles. The first-order valence-electron chi connectivity index (χ1n) is 7.64. The quantitative estimate of drug-likeness (QED) is 0.639. The van der Waals surface area contributed by atoms with Gasteiger partial charge in [0.2, 0.25) is 5.91 Å². The minimum Gasteiger partial charge on any atom is -0.462 e. The summed E-state index contributed by atoms with van der Waals surface area (Å²) in [6.07, 6.45) is 2.74. The zero-order valence-electron chi connectivity index (χ0n) is 14.4. The molecule has 0 fully saturated rings. The molecule has 1 N–H and O–H groups in total. The molecule has 2 rings (SSSR count). The van der Waals surface area contributed by atoms with E-state index in [1.54, 1.807) is 26.0 Å². The molecule has 6 heteroatoms. The molecule has 0 aliphatic carbocycles. The maximum absolute atomic E-state index is 12.3. The van der Waals surface area contributed by atoms with Crippen LogP contribution in [-0.2, 0) is 9.53 Å². The first-order valence-corrected chi connectivity index (χ1v) is 8.46. The van der Waals surface area contributed by atoms with Crippen molar-refractivity contribution in [3.8, 4) is 0 Å². The van der Waals surface area contributed by atoms with E-state index in [1.807, 2.05) is 26.8 Å². The number of thiophene rings is 1. The second kappa shape index (κ2) is 7.49. The van der Waals surface area contributed by atoms with Crippen molar-refractivity contribution in [1.29, 1.82) is 0 Å². The number of ether oxygens (including phenoxy) is 1. The van der Waals surface area contributed by atoms with Crippen molar-refractivity contribution < 1.29 is 18.7 Å². The lowest BCUT2D eigenvalue weighted by Gasteiger charge is -2.09. The van der Waals surface area contributed by atoms with Crippen LogP contribution in [0.3, 0.4) is 0 Å². The smallest absolute Gasteiger partial charge is 0.341 e. The fraction of sp³-hybridized carbons (Fsp3) is 0.333. The monoisotopic (exact) mass is 347 g/mol. The number of hydrogen-bond acceptors (Lipinski definition) is 5. The lowest BCUT2D eigenvalue weighted by Crippen LogP contribution is -2.15. The molecule has 5 nitrogen and oxygen atoms in total. The summed E-state index contributed by atoms with van der Waals surface area (Å²) in [7, 11) is 0. The Bertz CT molecular complexity index is 783. The Hall–Kier alpha value is -2.34. The molecule has 2 heterocycles. The molecule has 24 heavy (non-hydrogen) atoms. The predicted octanol–water partition coefficient (Wildman–Crippen LogP) is 4.48. The summed E-state index contributed by atoms with van der Waals surface area (Å²) < 4.78 is 10.6. The van der Waals surface area contributed by atoms with E-state index in [0.29, 0.717) is 16.3 Å². The Morgan fingerprint density at radius 1 is 1.25 bits per heavy atom. The van der Waals surface area contributed by atoms with Crippen LogP contribution in [0.15, 0.2) is 22.6 Å². The fourth-order valence-corrected chi connectivity index (χ4v) is 3.14. The summed E-state index contributed by atoms with van der Waals surface area (Å²) in [5.41, 5.74) is 1.24. The van der Waals surface area contributed by atoms with Crippen molar-refractivity contribution in [2.24, 2.45) is 0 Å². The molecule has 0 unspecified atom stereocenters. The van der Waals surface area contributed by atoms with E-state index < -0.39 is 5.97 Å². The second-order valence-electron chi connectivity index (χ2n) is 5.71. The van der Waals surface area contributed by atoms with Crippen LogP contribution in [0, 0.1) is 20.8 Å². The van der Waals surface area contributed by atoms with Crippen molar-refractivity contribution in [2.45, 2.75) is 40.7 Å². The van der Waals surface area contributed by atoms with E-state index in [9.17, 15) is 9.59 Å². The predicted molar refractivity (Wildman–Crippen MR) is 95.5 cm³/mol. The average Bonchev–Trinajstić information content (AvgIpc) is 3.00. The number of rotatable bonds is 5. The van der Waals surface area contributed by atoms with Gasteiger partial charge in [0.15, 0.2) is 0 Å². The summed E-state index contributed by atoms with van der Waals surface area (Å²) in [6, 6.07) is 3.60. The molecule has 0 bridgehead atoms. The lowest BCUT2D eigenvalue weighted by molar-refractivity contribution is -0.111. The van der Waals surface area contributed by atoms with Crippen molar-refractivity contribution in [2.75, 3.05) is 5.32 Å². The molecule has 0 radical (unpaired) electrons. The number of carbonyl (C=O) groups is 2. The molecule has 2 aromatic rings. The number of esters is 1. The largest absolute Gasteiger partial charge is 0.462 e. The number of amides is 1. The Kier molecular flexibility index (Phi) is 5.62. The average molecular weight is 347 g/mol. The lowest BCUT2D eigenvalue weighted by atomic mass is 10.1. The van der Waals surface area contributed by atoms with Gasteiger partial charge in [-0.1, -0.05) is 0 Å². The van der Waals surface area contributed by atoms with Gasteiger partial charge in [-0.25, -0.2) is 4.79 Å². The maximum Gasteiger partial charge on any atom is 0.341 e. The highest BCUT2D eigenvalue weighted by Crippen LogP contribution is 2.33. The number of hydrogen-bond donors (Lipinski definition) is 1. The van der Waals surface area contributed by atoms with Gasteiger partial charge in [0.05, 0.1) is 11.7 Å². The summed E-state index contributed by atoms with van der Waals surface area (Å²) >= 11 is 1.36. The van der Waals surface area contributed by atoms with Crippen LogP contribution in [0.2, 0.25) is 0 Å². The number of nitrogens with one attached hydrogen (secondary N) is 1. The standard InChI is InChI=1S/C18H21NO4S/c1-10(2)22-18(21)16-12(4)13(5)24-17(16)19-15(20)9-8-14-7-6-11(3)23-14/h6-10H,1-5H3,(H,19,20). The van der Waals surface area contributed by atoms with Crippen LogP contribution >= 0.6 is 11.3 Å². The fourth-order valence-electron chi connectivity index (χ4n) is 2.09. The van der Waals surface area contributed by atoms with Gasteiger partial charge in [-0.05, 0) is 58.4 Å². The van der Waals surface area contributed by atoms with Crippen LogP contribution in [0.25, 0.3) is 6.08 Å². The molecular formula is C18H21NO4S. The second-order valence-corrected chi connectivity index (χ2v) is 6.94. The Morgan fingerprint density at radius 2 is 1.96 bits per heavy atom. The maximum atomic E-state index is 12.3. The van der Waals surface area contributed by atoms with Crippen molar-refractivity contribution in [3.63, 3.8) is 0 Å². The molecule has 128 valence electrons. The SMILES string of the molecule is Cc1ccc(C=CC(=O)Nc2sc(C)c(C)c2C(=O)OC(C)C)o1. The third-order valence-electron chi connectivity index (χ3n) is 3.33. The van der Waals surface area contributed by atoms with E-state index in [4.69, 9.17) is 9.15 Å². The van der Waals surface area contributed by atoms with Gasteiger partial charge in [0.25, 0.3) is 0 Å². The minimum absolute atomic E-state index is 0.220. The molecule has 2 aromatic heterocycles. The molecule has 0 atom stereocenters.